The van der Waals surface area contributed by atoms with E-state index in [9.17, 15) is 19.7 Å². The Morgan fingerprint density at radius 3 is 2.81 bits per heavy atom. The molecule has 0 aliphatic heterocycles. The van der Waals surface area contributed by atoms with Crippen molar-refractivity contribution in [1.29, 1.82) is 0 Å². The van der Waals surface area contributed by atoms with Crippen LogP contribution in [-0.4, -0.2) is 20.4 Å². The number of hydrogen-bond acceptors (Lipinski definition) is 5. The van der Waals surface area contributed by atoms with E-state index in [1.54, 1.807) is 24.3 Å². The largest absolute Gasteiger partial charge is 0.326 e. The van der Waals surface area contributed by atoms with Crippen LogP contribution in [0.25, 0.3) is 10.9 Å². The fraction of sp³-hybridized carbons (Fsp3) is 0.118. The average molecular weight is 373 g/mol. The van der Waals surface area contributed by atoms with Gasteiger partial charge in [0.15, 0.2) is 0 Å². The third-order valence-electron chi connectivity index (χ3n) is 3.71. The number of rotatable bonds is 5. The fourth-order valence-corrected chi connectivity index (χ4v) is 2.62. The molecule has 0 unspecified atom stereocenters. The molecule has 0 aliphatic rings. The van der Waals surface area contributed by atoms with Crippen LogP contribution in [-0.2, 0) is 11.3 Å². The number of nitrogens with one attached hydrogen (secondary N) is 1. The molecule has 0 bridgehead atoms. The number of nitro benzene ring substituents is 1. The number of fused-ring (bicyclic) bond motifs is 1. The predicted molar refractivity (Wildman–Crippen MR) is 97.4 cm³/mol. The highest BCUT2D eigenvalue weighted by molar-refractivity contribution is 6.30. The van der Waals surface area contributed by atoms with Crippen LogP contribution in [0.15, 0.2) is 53.6 Å². The number of amides is 1. The van der Waals surface area contributed by atoms with Crippen molar-refractivity contribution in [3.63, 3.8) is 0 Å². The average Bonchev–Trinajstić information content (AvgIpc) is 2.61. The minimum atomic E-state index is -0.575. The third kappa shape index (κ3) is 3.86. The number of non-ortho nitro benzene ring substituents is 1. The monoisotopic (exact) mass is 372 g/mol. The molecule has 0 aliphatic carbocycles. The SMILES string of the molecule is O=C(CCn1cnc2ccc([N+](=O)[O-])cc2c1=O)Nc1cccc(Cl)c1. The molecule has 1 N–H and O–H groups in total. The molecule has 2 aromatic carbocycles. The van der Waals surface area contributed by atoms with Crippen molar-refractivity contribution < 1.29 is 9.72 Å². The predicted octanol–water partition coefficient (Wildman–Crippen LogP) is 2.99. The van der Waals surface area contributed by atoms with E-state index in [1.807, 2.05) is 0 Å². The Kier molecular flexibility index (Phi) is 4.94. The van der Waals surface area contributed by atoms with E-state index in [0.717, 1.165) is 0 Å². The van der Waals surface area contributed by atoms with E-state index in [4.69, 9.17) is 11.6 Å². The maximum Gasteiger partial charge on any atom is 0.270 e. The van der Waals surface area contributed by atoms with Crippen LogP contribution in [0.1, 0.15) is 6.42 Å². The molecule has 26 heavy (non-hydrogen) atoms. The third-order valence-corrected chi connectivity index (χ3v) is 3.94. The minimum absolute atomic E-state index is 0.0362. The summed E-state index contributed by atoms with van der Waals surface area (Å²) >= 11 is 5.86. The number of nitro groups is 1. The topological polar surface area (TPSA) is 107 Å². The summed E-state index contributed by atoms with van der Waals surface area (Å²) in [5.41, 5.74) is 0.296. The summed E-state index contributed by atoms with van der Waals surface area (Å²) in [4.78, 5) is 38.9. The van der Waals surface area contributed by atoms with Gasteiger partial charge < -0.3 is 5.32 Å². The number of nitrogens with zero attached hydrogens (tertiary/aromatic N) is 3. The first-order valence-corrected chi connectivity index (χ1v) is 8.01. The summed E-state index contributed by atoms with van der Waals surface area (Å²) in [5, 5.41) is 14.2. The van der Waals surface area contributed by atoms with E-state index in [2.05, 4.69) is 10.3 Å². The molecular formula is C17H13ClN4O4. The molecule has 8 nitrogen and oxygen atoms in total. The number of hydrogen-bond donors (Lipinski definition) is 1. The Labute approximate surface area is 152 Å². The van der Waals surface area contributed by atoms with Crippen molar-refractivity contribution >= 4 is 39.8 Å². The number of anilines is 1. The standard InChI is InChI=1S/C17H13ClN4O4/c18-11-2-1-3-12(8-11)20-16(23)6-7-21-10-19-15-5-4-13(22(25)26)9-14(15)17(21)24/h1-5,8-10H,6-7H2,(H,20,23). The second-order valence-corrected chi connectivity index (χ2v) is 5.95. The molecule has 1 aromatic heterocycles. The molecule has 0 atom stereocenters. The van der Waals surface area contributed by atoms with E-state index in [0.29, 0.717) is 16.2 Å². The van der Waals surface area contributed by atoms with Gasteiger partial charge in [-0.05, 0) is 24.3 Å². The van der Waals surface area contributed by atoms with Crippen molar-refractivity contribution in [3.05, 3.63) is 74.3 Å². The molecule has 0 saturated heterocycles. The van der Waals surface area contributed by atoms with Crippen molar-refractivity contribution in [1.82, 2.24) is 9.55 Å². The van der Waals surface area contributed by atoms with Gasteiger partial charge in [0, 0.05) is 35.8 Å². The number of aryl methyl sites for hydroxylation is 1. The van der Waals surface area contributed by atoms with Crippen molar-refractivity contribution in [2.45, 2.75) is 13.0 Å². The number of halogens is 1. The van der Waals surface area contributed by atoms with E-state index < -0.39 is 10.5 Å². The van der Waals surface area contributed by atoms with Gasteiger partial charge in [0.2, 0.25) is 5.91 Å². The van der Waals surface area contributed by atoms with Crippen LogP contribution in [0.3, 0.4) is 0 Å². The van der Waals surface area contributed by atoms with Crippen molar-refractivity contribution in [3.8, 4) is 0 Å². The van der Waals surface area contributed by atoms with Gasteiger partial charge in [0.05, 0.1) is 22.2 Å². The summed E-state index contributed by atoms with van der Waals surface area (Å²) in [6, 6.07) is 10.6. The Morgan fingerprint density at radius 2 is 2.08 bits per heavy atom. The Balaban J connectivity index is 1.76. The van der Waals surface area contributed by atoms with E-state index in [-0.39, 0.29) is 29.9 Å². The number of carbonyl (C=O) groups is 1. The Morgan fingerprint density at radius 1 is 1.27 bits per heavy atom. The number of benzene rings is 2. The second-order valence-electron chi connectivity index (χ2n) is 5.51. The second kappa shape index (κ2) is 7.32. The highest BCUT2D eigenvalue weighted by Crippen LogP contribution is 2.17. The van der Waals surface area contributed by atoms with Gasteiger partial charge in [-0.3, -0.25) is 24.3 Å². The maximum atomic E-state index is 12.5. The summed E-state index contributed by atoms with van der Waals surface area (Å²) in [6.07, 6.45) is 1.36. The lowest BCUT2D eigenvalue weighted by Gasteiger charge is -2.08. The van der Waals surface area contributed by atoms with Gasteiger partial charge in [-0.1, -0.05) is 17.7 Å². The summed E-state index contributed by atoms with van der Waals surface area (Å²) in [6.45, 7) is 0.0941. The van der Waals surface area contributed by atoms with Crippen LogP contribution in [0, 0.1) is 10.1 Å². The normalized spacial score (nSPS) is 10.7. The van der Waals surface area contributed by atoms with Gasteiger partial charge in [-0.25, -0.2) is 4.98 Å². The molecular weight excluding hydrogens is 360 g/mol. The first kappa shape index (κ1) is 17.6. The molecule has 0 spiro atoms. The van der Waals surface area contributed by atoms with Crippen LogP contribution in [0.5, 0.6) is 0 Å². The Hall–Kier alpha value is -3.26. The van der Waals surface area contributed by atoms with Gasteiger partial charge in [0.1, 0.15) is 0 Å². The zero-order chi connectivity index (χ0) is 18.7. The highest BCUT2D eigenvalue weighted by atomic mass is 35.5. The van der Waals surface area contributed by atoms with E-state index >= 15 is 0 Å². The molecule has 132 valence electrons. The smallest absolute Gasteiger partial charge is 0.270 e. The summed E-state index contributed by atoms with van der Waals surface area (Å²) in [5.74, 6) is -0.293. The minimum Gasteiger partial charge on any atom is -0.326 e. The van der Waals surface area contributed by atoms with Gasteiger partial charge in [-0.2, -0.15) is 0 Å². The van der Waals surface area contributed by atoms with Gasteiger partial charge in [0.25, 0.3) is 11.2 Å². The fourth-order valence-electron chi connectivity index (χ4n) is 2.43. The number of aromatic nitrogens is 2. The van der Waals surface area contributed by atoms with Crippen LogP contribution in [0.2, 0.25) is 5.02 Å². The molecule has 0 saturated carbocycles. The first-order valence-electron chi connectivity index (χ1n) is 7.63. The van der Waals surface area contributed by atoms with Crippen molar-refractivity contribution in [2.75, 3.05) is 5.32 Å². The van der Waals surface area contributed by atoms with Crippen LogP contribution in [0.4, 0.5) is 11.4 Å². The molecule has 0 radical (unpaired) electrons. The van der Waals surface area contributed by atoms with E-state index in [1.165, 1.54) is 29.1 Å². The quantitative estimate of drug-likeness (QED) is 0.547. The van der Waals surface area contributed by atoms with Crippen molar-refractivity contribution in [2.24, 2.45) is 0 Å². The Bertz CT molecular complexity index is 1060. The maximum absolute atomic E-state index is 12.5. The lowest BCUT2D eigenvalue weighted by molar-refractivity contribution is -0.384. The molecule has 3 rings (SSSR count). The summed E-state index contributed by atoms with van der Waals surface area (Å²) in [7, 11) is 0. The zero-order valence-corrected chi connectivity index (χ0v) is 14.1. The molecule has 3 aromatic rings. The lowest BCUT2D eigenvalue weighted by atomic mass is 10.2. The summed E-state index contributed by atoms with van der Waals surface area (Å²) < 4.78 is 1.25. The number of carbonyl (C=O) groups excluding carboxylic acids is 1. The molecule has 9 heteroatoms. The van der Waals surface area contributed by atoms with Crippen LogP contribution >= 0.6 is 11.6 Å². The molecule has 1 amide bonds. The highest BCUT2D eigenvalue weighted by Gasteiger charge is 2.11. The zero-order valence-electron chi connectivity index (χ0n) is 13.4. The van der Waals surface area contributed by atoms with Gasteiger partial charge in [-0.15, -0.1) is 0 Å². The molecule has 1 heterocycles. The van der Waals surface area contributed by atoms with Crippen LogP contribution < -0.4 is 10.9 Å². The lowest BCUT2D eigenvalue weighted by Crippen LogP contribution is -2.23. The molecule has 0 fully saturated rings. The first-order chi connectivity index (χ1) is 12.4. The van der Waals surface area contributed by atoms with Gasteiger partial charge >= 0.3 is 0 Å².